The average molecular weight is 153 g/mol. The molecule has 0 fully saturated rings. The molecule has 0 aromatic heterocycles. The number of hydrogen-bond acceptors (Lipinski definition) is 2. The Morgan fingerprint density at radius 1 is 1.62 bits per heavy atom. The highest BCUT2D eigenvalue weighted by molar-refractivity contribution is 7.89. The monoisotopic (exact) mass is 153 g/mol. The second-order valence-electron chi connectivity index (χ2n) is 1.72. The maximum absolute atomic E-state index is 10.2. The minimum absolute atomic E-state index is 0.125. The van der Waals surface area contributed by atoms with E-state index in [1.165, 1.54) is 0 Å². The first-order chi connectivity index (χ1) is 3.56. The van der Waals surface area contributed by atoms with E-state index in [0.717, 1.165) is 6.04 Å². The lowest BCUT2D eigenvalue weighted by molar-refractivity contribution is 0.599. The molecule has 0 aliphatic rings. The van der Waals surface area contributed by atoms with Gasteiger partial charge < -0.3 is 0 Å². The summed E-state index contributed by atoms with van der Waals surface area (Å²) in [5.41, 5.74) is 0. The maximum atomic E-state index is 10.2. The van der Waals surface area contributed by atoms with Crippen LogP contribution in [-0.2, 0) is 10.0 Å². The Morgan fingerprint density at radius 3 is 2.25 bits per heavy atom. The van der Waals surface area contributed by atoms with Crippen molar-refractivity contribution >= 4 is 19.5 Å². The summed E-state index contributed by atoms with van der Waals surface area (Å²) in [7, 11) is -3.28. The van der Waals surface area contributed by atoms with E-state index in [4.69, 9.17) is 5.14 Å². The summed E-state index contributed by atoms with van der Waals surface area (Å²) in [6, 6.07) is 0.804. The molecular formula is C3H11NO2SSi. The SMILES string of the molecule is C[SiH2]CCS(N)(=O)=O. The number of hydrogen-bond donors (Lipinski definition) is 1. The highest BCUT2D eigenvalue weighted by Crippen LogP contribution is 1.82. The molecule has 0 saturated carbocycles. The van der Waals surface area contributed by atoms with Gasteiger partial charge in [0, 0.05) is 9.52 Å². The molecule has 0 unspecified atom stereocenters. The van der Waals surface area contributed by atoms with E-state index in [-0.39, 0.29) is 15.3 Å². The number of rotatable bonds is 3. The van der Waals surface area contributed by atoms with Gasteiger partial charge in [0.05, 0.1) is 5.75 Å². The van der Waals surface area contributed by atoms with Gasteiger partial charge in [-0.15, -0.1) is 0 Å². The third-order valence-electron chi connectivity index (χ3n) is 0.782. The minimum Gasteiger partial charge on any atom is -0.229 e. The molecule has 0 radical (unpaired) electrons. The van der Waals surface area contributed by atoms with Gasteiger partial charge in [-0.1, -0.05) is 6.55 Å². The van der Waals surface area contributed by atoms with Crippen LogP contribution < -0.4 is 5.14 Å². The van der Waals surface area contributed by atoms with Crippen molar-refractivity contribution in [1.82, 2.24) is 0 Å². The van der Waals surface area contributed by atoms with Gasteiger partial charge in [-0.3, -0.25) is 0 Å². The van der Waals surface area contributed by atoms with Gasteiger partial charge in [0.1, 0.15) is 0 Å². The summed E-state index contributed by atoms with van der Waals surface area (Å²) in [5.74, 6) is 0.176. The Hall–Kier alpha value is 0.127. The van der Waals surface area contributed by atoms with Crippen LogP contribution in [-0.4, -0.2) is 23.7 Å². The molecule has 0 aromatic carbocycles. The van der Waals surface area contributed by atoms with Gasteiger partial charge in [-0.25, -0.2) is 13.6 Å². The second-order valence-corrected chi connectivity index (χ2v) is 5.16. The predicted molar refractivity (Wildman–Crippen MR) is 37.2 cm³/mol. The van der Waals surface area contributed by atoms with Crippen LogP contribution >= 0.6 is 0 Å². The molecule has 0 heterocycles. The quantitative estimate of drug-likeness (QED) is 0.524. The van der Waals surface area contributed by atoms with Gasteiger partial charge in [-0.05, 0) is 6.04 Å². The lowest BCUT2D eigenvalue weighted by Crippen LogP contribution is -2.16. The fourth-order valence-electron chi connectivity index (χ4n) is 0.346. The molecule has 5 heteroatoms. The molecule has 2 N–H and O–H groups in total. The summed E-state index contributed by atoms with van der Waals surface area (Å²) in [6.45, 7) is 2.06. The normalized spacial score (nSPS) is 13.2. The van der Waals surface area contributed by atoms with Crippen molar-refractivity contribution in [2.45, 2.75) is 12.6 Å². The highest BCUT2D eigenvalue weighted by Gasteiger charge is 1.98. The third kappa shape index (κ3) is 6.13. The zero-order valence-electron chi connectivity index (χ0n) is 4.92. The Bertz CT molecular complexity index is 141. The van der Waals surface area contributed by atoms with Crippen LogP contribution in [0.3, 0.4) is 0 Å². The van der Waals surface area contributed by atoms with E-state index in [1.54, 1.807) is 0 Å². The largest absolute Gasteiger partial charge is 0.229 e. The Kier molecular flexibility index (Phi) is 3.26. The Balaban J connectivity index is 3.42. The van der Waals surface area contributed by atoms with Crippen LogP contribution in [0.4, 0.5) is 0 Å². The average Bonchev–Trinajstić information content (AvgIpc) is 1.59. The lowest BCUT2D eigenvalue weighted by atomic mass is 11.0. The van der Waals surface area contributed by atoms with Crippen LogP contribution in [0.15, 0.2) is 0 Å². The summed E-state index contributed by atoms with van der Waals surface area (Å²) in [6.07, 6.45) is 0. The molecule has 50 valence electrons. The first kappa shape index (κ1) is 8.13. The van der Waals surface area contributed by atoms with Crippen molar-refractivity contribution in [2.24, 2.45) is 5.14 Å². The molecule has 0 saturated heterocycles. The van der Waals surface area contributed by atoms with Crippen LogP contribution in [0.25, 0.3) is 0 Å². The van der Waals surface area contributed by atoms with Crippen molar-refractivity contribution in [3.05, 3.63) is 0 Å². The fourth-order valence-corrected chi connectivity index (χ4v) is 3.11. The summed E-state index contributed by atoms with van der Waals surface area (Å²) in [4.78, 5) is 0. The maximum Gasteiger partial charge on any atom is 0.208 e. The van der Waals surface area contributed by atoms with Crippen LogP contribution in [0.5, 0.6) is 0 Å². The number of nitrogens with two attached hydrogens (primary N) is 1. The van der Waals surface area contributed by atoms with E-state index in [0.29, 0.717) is 0 Å². The van der Waals surface area contributed by atoms with Crippen LogP contribution in [0.1, 0.15) is 0 Å². The van der Waals surface area contributed by atoms with Crippen molar-refractivity contribution in [3.8, 4) is 0 Å². The molecule has 0 aliphatic heterocycles. The molecule has 0 amide bonds. The van der Waals surface area contributed by atoms with Crippen LogP contribution in [0.2, 0.25) is 12.6 Å². The number of primary sulfonamides is 1. The molecule has 0 aliphatic carbocycles. The van der Waals surface area contributed by atoms with E-state index in [9.17, 15) is 8.42 Å². The van der Waals surface area contributed by atoms with E-state index in [1.807, 2.05) is 0 Å². The zero-order valence-corrected chi connectivity index (χ0v) is 7.15. The van der Waals surface area contributed by atoms with Gasteiger partial charge in [0.15, 0.2) is 0 Å². The zero-order chi connectivity index (χ0) is 6.62. The van der Waals surface area contributed by atoms with Crippen molar-refractivity contribution in [1.29, 1.82) is 0 Å². The van der Waals surface area contributed by atoms with Crippen LogP contribution in [0, 0.1) is 0 Å². The topological polar surface area (TPSA) is 60.2 Å². The standard InChI is InChI=1S/C3H11NO2SSi/c1-8-3-2-7(4,5)6/h2-3,8H2,1H3,(H2,4,5,6). The molecule has 8 heavy (non-hydrogen) atoms. The highest BCUT2D eigenvalue weighted by atomic mass is 32.2. The molecule has 0 rings (SSSR count). The second kappa shape index (κ2) is 3.21. The summed E-state index contributed by atoms with van der Waals surface area (Å²) < 4.78 is 20.4. The molecule has 0 aromatic rings. The molecule has 3 nitrogen and oxygen atoms in total. The van der Waals surface area contributed by atoms with E-state index in [2.05, 4.69) is 6.55 Å². The minimum atomic E-state index is -3.15. The Labute approximate surface area is 52.1 Å². The third-order valence-corrected chi connectivity index (χ3v) is 3.21. The first-order valence-corrected chi connectivity index (χ1v) is 6.69. The van der Waals surface area contributed by atoms with Crippen molar-refractivity contribution in [2.75, 3.05) is 5.75 Å². The van der Waals surface area contributed by atoms with E-state index >= 15 is 0 Å². The Morgan fingerprint density at radius 2 is 2.12 bits per heavy atom. The first-order valence-electron chi connectivity index (χ1n) is 2.56. The number of sulfonamides is 1. The van der Waals surface area contributed by atoms with Gasteiger partial charge in [0.2, 0.25) is 10.0 Å². The summed E-state index contributed by atoms with van der Waals surface area (Å²) >= 11 is 0. The smallest absolute Gasteiger partial charge is 0.208 e. The fraction of sp³-hybridized carbons (Fsp3) is 1.00. The summed E-state index contributed by atoms with van der Waals surface area (Å²) in [5, 5.41) is 4.72. The van der Waals surface area contributed by atoms with Gasteiger partial charge in [-0.2, -0.15) is 0 Å². The van der Waals surface area contributed by atoms with Crippen molar-refractivity contribution < 1.29 is 8.42 Å². The predicted octanol–water partition coefficient (Wildman–Crippen LogP) is -1.09. The van der Waals surface area contributed by atoms with Crippen molar-refractivity contribution in [3.63, 3.8) is 0 Å². The molecule has 0 bridgehead atoms. The molecular weight excluding hydrogens is 142 g/mol. The molecule has 0 atom stereocenters. The molecule has 0 spiro atoms. The lowest BCUT2D eigenvalue weighted by Gasteiger charge is -1.90. The van der Waals surface area contributed by atoms with Gasteiger partial charge >= 0.3 is 0 Å². The van der Waals surface area contributed by atoms with Gasteiger partial charge in [0.25, 0.3) is 0 Å². The van der Waals surface area contributed by atoms with E-state index < -0.39 is 10.0 Å².